The van der Waals surface area contributed by atoms with Gasteiger partial charge in [0, 0.05) is 5.69 Å². The minimum absolute atomic E-state index is 0.280. The Morgan fingerprint density at radius 2 is 1.75 bits per heavy atom. The van der Waals surface area contributed by atoms with Gasteiger partial charge in [-0.1, -0.05) is 0 Å². The molecule has 0 aliphatic rings. The van der Waals surface area contributed by atoms with E-state index >= 15 is 0 Å². The minimum atomic E-state index is -0.624. The molecule has 0 saturated carbocycles. The Morgan fingerprint density at radius 1 is 1.08 bits per heavy atom. The fourth-order valence-electron chi connectivity index (χ4n) is 1.89. The van der Waals surface area contributed by atoms with Crippen molar-refractivity contribution in [3.8, 4) is 11.8 Å². The number of ether oxygens (including phenoxy) is 2. The Bertz CT molecular complexity index is 746. The van der Waals surface area contributed by atoms with E-state index in [0.29, 0.717) is 23.6 Å². The Kier molecular flexibility index (Phi) is 5.92. The van der Waals surface area contributed by atoms with Crippen LogP contribution in [0.1, 0.15) is 22.8 Å². The average Bonchev–Trinajstić information content (AvgIpc) is 2.61. The molecule has 0 aromatic heterocycles. The van der Waals surface area contributed by atoms with Crippen LogP contribution in [0.4, 0.5) is 5.69 Å². The number of rotatable bonds is 6. The summed E-state index contributed by atoms with van der Waals surface area (Å²) in [4.78, 5) is 23.6. The number of esters is 1. The zero-order valence-electron chi connectivity index (χ0n) is 13.1. The fraction of sp³-hybridized carbons (Fsp3) is 0.167. The van der Waals surface area contributed by atoms with E-state index in [-0.39, 0.29) is 5.56 Å². The van der Waals surface area contributed by atoms with Crippen LogP contribution in [0.3, 0.4) is 0 Å². The standard InChI is InChI=1S/C18H16N2O4/c1-2-23-16-9-7-15(8-10-16)20-17(21)12-24-18(22)14-5-3-13(11-19)4-6-14/h3-10H,2,12H2,1H3,(H,20,21). The number of hydrogen-bond donors (Lipinski definition) is 1. The van der Waals surface area contributed by atoms with Crippen LogP contribution in [0, 0.1) is 11.3 Å². The molecule has 0 radical (unpaired) electrons. The Morgan fingerprint density at radius 3 is 2.33 bits per heavy atom. The minimum Gasteiger partial charge on any atom is -0.494 e. The number of nitriles is 1. The van der Waals surface area contributed by atoms with E-state index < -0.39 is 18.5 Å². The van der Waals surface area contributed by atoms with Crippen molar-refractivity contribution in [2.24, 2.45) is 0 Å². The summed E-state index contributed by atoms with van der Waals surface area (Å²) in [6.07, 6.45) is 0. The van der Waals surface area contributed by atoms with Crippen molar-refractivity contribution in [2.45, 2.75) is 6.92 Å². The van der Waals surface area contributed by atoms with Gasteiger partial charge in [-0.15, -0.1) is 0 Å². The van der Waals surface area contributed by atoms with Gasteiger partial charge in [0.2, 0.25) is 0 Å². The van der Waals surface area contributed by atoms with Crippen molar-refractivity contribution in [3.63, 3.8) is 0 Å². The SMILES string of the molecule is CCOc1ccc(NC(=O)COC(=O)c2ccc(C#N)cc2)cc1. The van der Waals surface area contributed by atoms with Crippen LogP contribution in [-0.4, -0.2) is 25.1 Å². The van der Waals surface area contributed by atoms with E-state index in [1.54, 1.807) is 24.3 Å². The highest BCUT2D eigenvalue weighted by Gasteiger charge is 2.10. The fourth-order valence-corrected chi connectivity index (χ4v) is 1.89. The molecule has 122 valence electrons. The van der Waals surface area contributed by atoms with E-state index in [1.165, 1.54) is 24.3 Å². The molecule has 2 rings (SSSR count). The molecule has 2 aromatic carbocycles. The van der Waals surface area contributed by atoms with Crippen LogP contribution in [0.5, 0.6) is 5.75 Å². The van der Waals surface area contributed by atoms with Gasteiger partial charge in [0.1, 0.15) is 5.75 Å². The molecule has 0 unspecified atom stereocenters. The third-order valence-electron chi connectivity index (χ3n) is 3.03. The molecular formula is C18H16N2O4. The van der Waals surface area contributed by atoms with Crippen molar-refractivity contribution in [1.82, 2.24) is 0 Å². The number of nitrogens with zero attached hydrogens (tertiary/aromatic N) is 1. The Labute approximate surface area is 139 Å². The van der Waals surface area contributed by atoms with Crippen LogP contribution in [0.2, 0.25) is 0 Å². The summed E-state index contributed by atoms with van der Waals surface area (Å²) in [6.45, 7) is 2.06. The molecule has 0 heterocycles. The summed E-state index contributed by atoms with van der Waals surface area (Å²) in [5.74, 6) is -0.356. The van der Waals surface area contributed by atoms with Gasteiger partial charge >= 0.3 is 5.97 Å². The number of benzene rings is 2. The maximum Gasteiger partial charge on any atom is 0.338 e. The van der Waals surface area contributed by atoms with E-state index in [1.807, 2.05) is 13.0 Å². The van der Waals surface area contributed by atoms with Crippen LogP contribution >= 0.6 is 0 Å². The van der Waals surface area contributed by atoms with Crippen LogP contribution in [0.25, 0.3) is 0 Å². The second-order valence-corrected chi connectivity index (χ2v) is 4.77. The molecule has 0 bridgehead atoms. The van der Waals surface area contributed by atoms with E-state index in [2.05, 4.69) is 5.32 Å². The van der Waals surface area contributed by atoms with E-state index in [9.17, 15) is 9.59 Å². The summed E-state index contributed by atoms with van der Waals surface area (Å²) < 4.78 is 10.2. The van der Waals surface area contributed by atoms with Gasteiger partial charge in [-0.25, -0.2) is 4.79 Å². The molecular weight excluding hydrogens is 308 g/mol. The molecule has 0 saturated heterocycles. The quantitative estimate of drug-likeness (QED) is 0.825. The number of nitrogens with one attached hydrogen (secondary N) is 1. The van der Waals surface area contributed by atoms with Gasteiger partial charge in [-0.3, -0.25) is 4.79 Å². The van der Waals surface area contributed by atoms with Crippen LogP contribution < -0.4 is 10.1 Å². The summed E-state index contributed by atoms with van der Waals surface area (Å²) in [5.41, 5.74) is 1.31. The summed E-state index contributed by atoms with van der Waals surface area (Å²) >= 11 is 0. The van der Waals surface area contributed by atoms with E-state index in [4.69, 9.17) is 14.7 Å². The van der Waals surface area contributed by atoms with Crippen molar-refractivity contribution in [3.05, 3.63) is 59.7 Å². The molecule has 0 fully saturated rings. The molecule has 0 spiro atoms. The van der Waals surface area contributed by atoms with Crippen molar-refractivity contribution < 1.29 is 19.1 Å². The predicted octanol–water partition coefficient (Wildman–Crippen LogP) is 2.75. The van der Waals surface area contributed by atoms with Gasteiger partial charge < -0.3 is 14.8 Å². The lowest BCUT2D eigenvalue weighted by Crippen LogP contribution is -2.20. The first-order chi connectivity index (χ1) is 11.6. The predicted molar refractivity (Wildman–Crippen MR) is 87.7 cm³/mol. The zero-order valence-corrected chi connectivity index (χ0v) is 13.1. The molecule has 0 aliphatic carbocycles. The van der Waals surface area contributed by atoms with E-state index in [0.717, 1.165) is 0 Å². The van der Waals surface area contributed by atoms with Crippen LogP contribution in [0.15, 0.2) is 48.5 Å². The average molecular weight is 324 g/mol. The highest BCUT2D eigenvalue weighted by molar-refractivity contribution is 5.95. The smallest absolute Gasteiger partial charge is 0.338 e. The van der Waals surface area contributed by atoms with Gasteiger partial charge in [-0.2, -0.15) is 5.26 Å². The highest BCUT2D eigenvalue weighted by Crippen LogP contribution is 2.15. The van der Waals surface area contributed by atoms with Gasteiger partial charge in [0.05, 0.1) is 23.8 Å². The van der Waals surface area contributed by atoms with Gasteiger partial charge in [0.15, 0.2) is 6.61 Å². The van der Waals surface area contributed by atoms with Crippen molar-refractivity contribution in [1.29, 1.82) is 5.26 Å². The first kappa shape index (κ1) is 17.0. The molecule has 1 N–H and O–H groups in total. The summed E-state index contributed by atoms with van der Waals surface area (Å²) in [6, 6.07) is 14.8. The Hall–Kier alpha value is -3.33. The molecule has 1 amide bonds. The van der Waals surface area contributed by atoms with Crippen molar-refractivity contribution >= 4 is 17.6 Å². The topological polar surface area (TPSA) is 88.4 Å². The molecule has 6 heteroatoms. The zero-order chi connectivity index (χ0) is 17.4. The monoisotopic (exact) mass is 324 g/mol. The normalized spacial score (nSPS) is 9.67. The van der Waals surface area contributed by atoms with Crippen LogP contribution in [-0.2, 0) is 9.53 Å². The first-order valence-corrected chi connectivity index (χ1v) is 7.32. The maximum absolute atomic E-state index is 11.8. The second-order valence-electron chi connectivity index (χ2n) is 4.77. The second kappa shape index (κ2) is 8.34. The number of hydrogen-bond acceptors (Lipinski definition) is 5. The molecule has 0 aliphatic heterocycles. The summed E-state index contributed by atoms with van der Waals surface area (Å²) in [5, 5.41) is 11.3. The lowest BCUT2D eigenvalue weighted by Gasteiger charge is -2.08. The number of carbonyl (C=O) groups excluding carboxylic acids is 2. The third kappa shape index (κ3) is 4.85. The van der Waals surface area contributed by atoms with Crippen molar-refractivity contribution in [2.75, 3.05) is 18.5 Å². The lowest BCUT2D eigenvalue weighted by atomic mass is 10.1. The van der Waals surface area contributed by atoms with Gasteiger partial charge in [0.25, 0.3) is 5.91 Å². The first-order valence-electron chi connectivity index (χ1n) is 7.32. The molecule has 0 atom stereocenters. The lowest BCUT2D eigenvalue weighted by molar-refractivity contribution is -0.119. The largest absolute Gasteiger partial charge is 0.494 e. The Balaban J connectivity index is 1.83. The third-order valence-corrected chi connectivity index (χ3v) is 3.03. The molecule has 6 nitrogen and oxygen atoms in total. The highest BCUT2D eigenvalue weighted by atomic mass is 16.5. The number of anilines is 1. The number of carbonyl (C=O) groups is 2. The molecule has 24 heavy (non-hydrogen) atoms. The number of amides is 1. The maximum atomic E-state index is 11.8. The molecule has 2 aromatic rings. The van der Waals surface area contributed by atoms with Gasteiger partial charge in [-0.05, 0) is 55.5 Å². The summed E-state index contributed by atoms with van der Waals surface area (Å²) in [7, 11) is 0.